The van der Waals surface area contributed by atoms with Crippen LogP contribution in [0.15, 0.2) is 0 Å². The molecule has 3 nitrogen and oxygen atoms in total. The van der Waals surface area contributed by atoms with Crippen molar-refractivity contribution in [3.05, 3.63) is 0 Å². The average Bonchev–Trinajstić information content (AvgIpc) is 2.97. The summed E-state index contributed by atoms with van der Waals surface area (Å²) in [5, 5.41) is 0. The number of hydrogen-bond donors (Lipinski definition) is 0. The van der Waals surface area contributed by atoms with Crippen molar-refractivity contribution in [1.82, 2.24) is 0 Å². The van der Waals surface area contributed by atoms with Crippen LogP contribution in [-0.4, -0.2) is 31.7 Å². The van der Waals surface area contributed by atoms with Crippen molar-refractivity contribution < 1.29 is 14.2 Å². The minimum absolute atomic E-state index is 0.381. The Hall–Kier alpha value is -0.120. The van der Waals surface area contributed by atoms with Crippen molar-refractivity contribution >= 4 is 0 Å². The molecule has 0 radical (unpaired) electrons. The van der Waals surface area contributed by atoms with Gasteiger partial charge in [0.05, 0.1) is 12.7 Å². The standard InChI is InChI=1S/C12H24O3/c1-4-14-12(3,15-5-2)9-7-6-8-11-10-13-11/h11H,4-10H2,1-3H3. The average molecular weight is 216 g/mol. The molecular formula is C12H24O3. The highest BCUT2D eigenvalue weighted by atomic mass is 16.7. The topological polar surface area (TPSA) is 31.0 Å². The molecule has 1 unspecified atom stereocenters. The van der Waals surface area contributed by atoms with Crippen molar-refractivity contribution in [2.45, 2.75) is 58.3 Å². The molecule has 1 fully saturated rings. The maximum atomic E-state index is 5.64. The van der Waals surface area contributed by atoms with Gasteiger partial charge in [-0.15, -0.1) is 0 Å². The second-order valence-corrected chi connectivity index (χ2v) is 4.20. The van der Waals surface area contributed by atoms with E-state index in [0.29, 0.717) is 19.3 Å². The fraction of sp³-hybridized carbons (Fsp3) is 1.00. The molecule has 0 aromatic heterocycles. The molecule has 0 aromatic rings. The van der Waals surface area contributed by atoms with Gasteiger partial charge in [-0.25, -0.2) is 0 Å². The van der Waals surface area contributed by atoms with Crippen molar-refractivity contribution in [2.75, 3.05) is 19.8 Å². The molecule has 0 amide bonds. The Kier molecular flexibility index (Phi) is 5.58. The molecule has 1 heterocycles. The van der Waals surface area contributed by atoms with Gasteiger partial charge in [-0.1, -0.05) is 6.42 Å². The van der Waals surface area contributed by atoms with E-state index >= 15 is 0 Å². The van der Waals surface area contributed by atoms with Crippen LogP contribution in [0.5, 0.6) is 0 Å². The van der Waals surface area contributed by atoms with Gasteiger partial charge >= 0.3 is 0 Å². The summed E-state index contributed by atoms with van der Waals surface area (Å²) in [5.41, 5.74) is 0. The van der Waals surface area contributed by atoms with E-state index in [1.165, 1.54) is 12.8 Å². The summed E-state index contributed by atoms with van der Waals surface area (Å²) in [5.74, 6) is -0.381. The number of ether oxygens (including phenoxy) is 3. The first-order valence-electron chi connectivity index (χ1n) is 6.09. The molecule has 1 aliphatic heterocycles. The van der Waals surface area contributed by atoms with Gasteiger partial charge in [-0.3, -0.25) is 0 Å². The molecular weight excluding hydrogens is 192 g/mol. The normalized spacial score (nSPS) is 20.6. The highest BCUT2D eigenvalue weighted by Gasteiger charge is 2.25. The van der Waals surface area contributed by atoms with Crippen LogP contribution < -0.4 is 0 Å². The molecule has 1 atom stereocenters. The van der Waals surface area contributed by atoms with Crippen LogP contribution in [0, 0.1) is 0 Å². The summed E-state index contributed by atoms with van der Waals surface area (Å²) in [6.07, 6.45) is 5.07. The molecule has 1 rings (SSSR count). The van der Waals surface area contributed by atoms with Crippen molar-refractivity contribution in [2.24, 2.45) is 0 Å². The van der Waals surface area contributed by atoms with E-state index < -0.39 is 0 Å². The maximum Gasteiger partial charge on any atom is 0.165 e. The molecule has 0 saturated carbocycles. The molecule has 0 aromatic carbocycles. The van der Waals surface area contributed by atoms with E-state index in [2.05, 4.69) is 0 Å². The van der Waals surface area contributed by atoms with E-state index in [1.54, 1.807) is 0 Å². The summed E-state index contributed by atoms with van der Waals surface area (Å²) in [4.78, 5) is 0. The summed E-state index contributed by atoms with van der Waals surface area (Å²) >= 11 is 0. The fourth-order valence-electron chi connectivity index (χ4n) is 1.85. The zero-order valence-electron chi connectivity index (χ0n) is 10.3. The molecule has 0 spiro atoms. The third-order valence-corrected chi connectivity index (χ3v) is 2.71. The monoisotopic (exact) mass is 216 g/mol. The van der Waals surface area contributed by atoms with Gasteiger partial charge in [0.1, 0.15) is 0 Å². The lowest BCUT2D eigenvalue weighted by atomic mass is 10.1. The summed E-state index contributed by atoms with van der Waals surface area (Å²) < 4.78 is 16.5. The number of hydrogen-bond acceptors (Lipinski definition) is 3. The van der Waals surface area contributed by atoms with Gasteiger partial charge in [-0.05, 0) is 33.6 Å². The molecule has 3 heteroatoms. The van der Waals surface area contributed by atoms with Crippen LogP contribution in [0.3, 0.4) is 0 Å². The molecule has 1 aliphatic rings. The molecule has 0 aliphatic carbocycles. The van der Waals surface area contributed by atoms with Crippen LogP contribution in [0.25, 0.3) is 0 Å². The van der Waals surface area contributed by atoms with Gasteiger partial charge in [0.2, 0.25) is 0 Å². The second-order valence-electron chi connectivity index (χ2n) is 4.20. The minimum Gasteiger partial charge on any atom is -0.373 e. The molecule has 0 bridgehead atoms. The van der Waals surface area contributed by atoms with Gasteiger partial charge < -0.3 is 14.2 Å². The highest BCUT2D eigenvalue weighted by molar-refractivity contribution is 4.70. The van der Waals surface area contributed by atoms with Crippen LogP contribution in [-0.2, 0) is 14.2 Å². The Bertz CT molecular complexity index is 160. The van der Waals surface area contributed by atoms with Crippen LogP contribution in [0.4, 0.5) is 0 Å². The van der Waals surface area contributed by atoms with Gasteiger partial charge in [0.15, 0.2) is 5.79 Å². The van der Waals surface area contributed by atoms with Crippen molar-refractivity contribution in [3.63, 3.8) is 0 Å². The van der Waals surface area contributed by atoms with Gasteiger partial charge in [0, 0.05) is 19.6 Å². The highest BCUT2D eigenvalue weighted by Crippen LogP contribution is 2.23. The van der Waals surface area contributed by atoms with Crippen LogP contribution >= 0.6 is 0 Å². The largest absolute Gasteiger partial charge is 0.373 e. The van der Waals surface area contributed by atoms with E-state index in [-0.39, 0.29) is 5.79 Å². The Morgan fingerprint density at radius 1 is 1.20 bits per heavy atom. The van der Waals surface area contributed by atoms with E-state index in [0.717, 1.165) is 19.4 Å². The van der Waals surface area contributed by atoms with E-state index in [9.17, 15) is 0 Å². The summed E-state index contributed by atoms with van der Waals surface area (Å²) in [7, 11) is 0. The Morgan fingerprint density at radius 3 is 2.27 bits per heavy atom. The van der Waals surface area contributed by atoms with Gasteiger partial charge in [0.25, 0.3) is 0 Å². The number of epoxide rings is 1. The van der Waals surface area contributed by atoms with Gasteiger partial charge in [-0.2, -0.15) is 0 Å². The Balaban J connectivity index is 2.11. The lowest BCUT2D eigenvalue weighted by Gasteiger charge is -2.29. The summed E-state index contributed by atoms with van der Waals surface area (Å²) in [6.45, 7) is 8.44. The molecule has 90 valence electrons. The SMILES string of the molecule is CCOC(C)(CCCCC1CO1)OCC. The Labute approximate surface area is 93.1 Å². The number of rotatable bonds is 9. The van der Waals surface area contributed by atoms with Crippen molar-refractivity contribution in [1.29, 1.82) is 0 Å². The van der Waals surface area contributed by atoms with Crippen LogP contribution in [0.1, 0.15) is 46.5 Å². The van der Waals surface area contributed by atoms with E-state index in [4.69, 9.17) is 14.2 Å². The lowest BCUT2D eigenvalue weighted by molar-refractivity contribution is -0.225. The zero-order valence-corrected chi connectivity index (χ0v) is 10.3. The van der Waals surface area contributed by atoms with Crippen LogP contribution in [0.2, 0.25) is 0 Å². The first-order chi connectivity index (χ1) is 7.20. The third kappa shape index (κ3) is 5.50. The maximum absolute atomic E-state index is 5.64. The smallest absolute Gasteiger partial charge is 0.165 e. The first-order valence-corrected chi connectivity index (χ1v) is 6.09. The molecule has 15 heavy (non-hydrogen) atoms. The number of unbranched alkanes of at least 4 members (excludes halogenated alkanes) is 1. The fourth-order valence-corrected chi connectivity index (χ4v) is 1.85. The predicted octanol–water partition coefficient (Wildman–Crippen LogP) is 2.73. The first kappa shape index (κ1) is 12.9. The molecule has 1 saturated heterocycles. The van der Waals surface area contributed by atoms with E-state index in [1.807, 2.05) is 20.8 Å². The predicted molar refractivity (Wildman–Crippen MR) is 59.9 cm³/mol. The quantitative estimate of drug-likeness (QED) is 0.337. The third-order valence-electron chi connectivity index (χ3n) is 2.71. The zero-order chi connectivity index (χ0) is 11.1. The lowest BCUT2D eigenvalue weighted by Crippen LogP contribution is -2.32. The summed E-state index contributed by atoms with van der Waals surface area (Å²) in [6, 6.07) is 0. The Morgan fingerprint density at radius 2 is 1.80 bits per heavy atom. The second kappa shape index (κ2) is 6.46. The van der Waals surface area contributed by atoms with Crippen molar-refractivity contribution in [3.8, 4) is 0 Å². The molecule has 0 N–H and O–H groups in total. The minimum atomic E-state index is -0.381.